The standard InChI is InChI=1S/C17H26N2OS/c1-2-6-17-18-13(12-21-17)11-19-10-4-3-8-15(19)14-7-5-9-16(14)20/h12,14-15H,2-11H2,1H3. The van der Waals surface area contributed by atoms with E-state index in [0.29, 0.717) is 17.7 Å². The molecule has 3 rings (SSSR count). The maximum atomic E-state index is 12.1. The number of nitrogens with zero attached hydrogens (tertiary/aromatic N) is 2. The van der Waals surface area contributed by atoms with Crippen LogP contribution in [0.4, 0.5) is 0 Å². The first-order valence-corrected chi connectivity index (χ1v) is 9.36. The Kier molecular flexibility index (Phi) is 5.07. The molecule has 4 heteroatoms. The summed E-state index contributed by atoms with van der Waals surface area (Å²) in [6.45, 7) is 4.27. The number of likely N-dealkylation sites (tertiary alicyclic amines) is 1. The number of carbonyl (C=O) groups excluding carboxylic acids is 1. The molecule has 116 valence electrons. The van der Waals surface area contributed by atoms with Crippen molar-refractivity contribution >= 4 is 17.1 Å². The molecule has 1 aromatic heterocycles. The number of aryl methyl sites for hydroxylation is 1. The lowest BCUT2D eigenvalue weighted by atomic mass is 9.88. The molecule has 21 heavy (non-hydrogen) atoms. The van der Waals surface area contributed by atoms with E-state index in [1.165, 1.54) is 30.0 Å². The summed E-state index contributed by atoms with van der Waals surface area (Å²) in [6, 6.07) is 0.477. The molecule has 3 nitrogen and oxygen atoms in total. The van der Waals surface area contributed by atoms with Crippen LogP contribution in [0.5, 0.6) is 0 Å². The summed E-state index contributed by atoms with van der Waals surface area (Å²) < 4.78 is 0. The fourth-order valence-electron chi connectivity index (χ4n) is 3.88. The number of Topliss-reactive ketones (excluding diaryl/α,β-unsaturated/α-hetero) is 1. The Labute approximate surface area is 131 Å². The number of thiazole rings is 1. The van der Waals surface area contributed by atoms with Crippen molar-refractivity contribution in [3.63, 3.8) is 0 Å². The Morgan fingerprint density at radius 3 is 3.00 bits per heavy atom. The van der Waals surface area contributed by atoms with Crippen molar-refractivity contribution in [1.29, 1.82) is 0 Å². The van der Waals surface area contributed by atoms with Gasteiger partial charge in [-0.3, -0.25) is 9.69 Å². The van der Waals surface area contributed by atoms with E-state index in [9.17, 15) is 4.79 Å². The van der Waals surface area contributed by atoms with Crippen LogP contribution < -0.4 is 0 Å². The maximum Gasteiger partial charge on any atom is 0.137 e. The van der Waals surface area contributed by atoms with Gasteiger partial charge >= 0.3 is 0 Å². The molecule has 2 aliphatic rings. The summed E-state index contributed by atoms with van der Waals surface area (Å²) in [4.78, 5) is 19.4. The Balaban J connectivity index is 1.67. The molecule has 1 saturated carbocycles. The molecule has 0 aromatic carbocycles. The van der Waals surface area contributed by atoms with Gasteiger partial charge in [0.25, 0.3) is 0 Å². The quantitative estimate of drug-likeness (QED) is 0.829. The number of hydrogen-bond acceptors (Lipinski definition) is 4. The number of ketones is 1. The molecule has 0 amide bonds. The highest BCUT2D eigenvalue weighted by molar-refractivity contribution is 7.09. The van der Waals surface area contributed by atoms with Gasteiger partial charge in [-0.15, -0.1) is 11.3 Å². The minimum absolute atomic E-state index is 0.305. The Bertz CT molecular complexity index is 485. The molecule has 2 atom stereocenters. The first-order chi connectivity index (χ1) is 10.3. The number of aromatic nitrogens is 1. The topological polar surface area (TPSA) is 33.2 Å². The highest BCUT2D eigenvalue weighted by Crippen LogP contribution is 2.33. The zero-order valence-corrected chi connectivity index (χ0v) is 13.8. The largest absolute Gasteiger partial charge is 0.299 e. The van der Waals surface area contributed by atoms with E-state index in [1.54, 1.807) is 11.3 Å². The second-order valence-electron chi connectivity index (χ2n) is 6.48. The first kappa shape index (κ1) is 15.2. The van der Waals surface area contributed by atoms with Gasteiger partial charge in [-0.1, -0.05) is 13.3 Å². The third-order valence-electron chi connectivity index (χ3n) is 4.91. The molecular weight excluding hydrogens is 280 g/mol. The number of rotatable bonds is 5. The van der Waals surface area contributed by atoms with Gasteiger partial charge in [0.2, 0.25) is 0 Å². The van der Waals surface area contributed by atoms with Crippen molar-refractivity contribution in [3.05, 3.63) is 16.1 Å². The van der Waals surface area contributed by atoms with Crippen molar-refractivity contribution in [2.45, 2.75) is 70.9 Å². The van der Waals surface area contributed by atoms with E-state index in [2.05, 4.69) is 17.2 Å². The fourth-order valence-corrected chi connectivity index (χ4v) is 4.77. The predicted molar refractivity (Wildman–Crippen MR) is 86.5 cm³/mol. The summed E-state index contributed by atoms with van der Waals surface area (Å²) in [5.41, 5.74) is 1.21. The first-order valence-electron chi connectivity index (χ1n) is 8.48. The minimum Gasteiger partial charge on any atom is -0.299 e. The molecule has 2 fully saturated rings. The zero-order chi connectivity index (χ0) is 14.7. The van der Waals surface area contributed by atoms with Gasteiger partial charge in [-0.25, -0.2) is 4.98 Å². The molecule has 0 spiro atoms. The van der Waals surface area contributed by atoms with Crippen molar-refractivity contribution < 1.29 is 4.79 Å². The van der Waals surface area contributed by atoms with E-state index < -0.39 is 0 Å². The van der Waals surface area contributed by atoms with Gasteiger partial charge in [0, 0.05) is 30.3 Å². The van der Waals surface area contributed by atoms with Gasteiger partial charge in [0.05, 0.1) is 10.7 Å². The van der Waals surface area contributed by atoms with Crippen LogP contribution in [0.25, 0.3) is 0 Å². The van der Waals surface area contributed by atoms with Crippen molar-refractivity contribution in [1.82, 2.24) is 9.88 Å². The van der Waals surface area contributed by atoms with Crippen molar-refractivity contribution in [2.75, 3.05) is 6.54 Å². The number of hydrogen-bond donors (Lipinski definition) is 0. The van der Waals surface area contributed by atoms with Crippen LogP contribution in [0.1, 0.15) is 62.6 Å². The predicted octanol–water partition coefficient (Wildman–Crippen LogP) is 3.82. The van der Waals surface area contributed by atoms with Crippen molar-refractivity contribution in [3.8, 4) is 0 Å². The van der Waals surface area contributed by atoms with E-state index in [0.717, 1.165) is 45.2 Å². The molecule has 2 heterocycles. The van der Waals surface area contributed by atoms with Gasteiger partial charge in [-0.2, -0.15) is 0 Å². The molecule has 2 unspecified atom stereocenters. The van der Waals surface area contributed by atoms with Crippen LogP contribution in [0.2, 0.25) is 0 Å². The van der Waals surface area contributed by atoms with Crippen LogP contribution >= 0.6 is 11.3 Å². The average molecular weight is 306 g/mol. The molecular formula is C17H26N2OS. The summed E-state index contributed by atoms with van der Waals surface area (Å²) >= 11 is 1.79. The van der Waals surface area contributed by atoms with Crippen LogP contribution in [0.3, 0.4) is 0 Å². The highest BCUT2D eigenvalue weighted by Gasteiger charge is 2.36. The monoisotopic (exact) mass is 306 g/mol. The fraction of sp³-hybridized carbons (Fsp3) is 0.765. The van der Waals surface area contributed by atoms with Gasteiger partial charge in [-0.05, 0) is 45.1 Å². The normalized spacial score (nSPS) is 27.4. The van der Waals surface area contributed by atoms with E-state index in [-0.39, 0.29) is 0 Å². The molecule has 1 saturated heterocycles. The molecule has 0 radical (unpaired) electrons. The summed E-state index contributed by atoms with van der Waals surface area (Å²) in [7, 11) is 0. The van der Waals surface area contributed by atoms with Gasteiger partial charge < -0.3 is 0 Å². The van der Waals surface area contributed by atoms with E-state index in [1.807, 2.05) is 0 Å². The lowest BCUT2D eigenvalue weighted by Gasteiger charge is -2.38. The molecule has 1 aliphatic carbocycles. The number of carbonyl (C=O) groups is 1. The van der Waals surface area contributed by atoms with Gasteiger partial charge in [0.15, 0.2) is 0 Å². The summed E-state index contributed by atoms with van der Waals surface area (Å²) in [6.07, 6.45) is 9.02. The molecule has 1 aromatic rings. The SMILES string of the molecule is CCCc1nc(CN2CCCCC2C2CCCC2=O)cs1. The zero-order valence-electron chi connectivity index (χ0n) is 13.0. The van der Waals surface area contributed by atoms with Crippen LogP contribution in [0, 0.1) is 5.92 Å². The Hall–Kier alpha value is -0.740. The van der Waals surface area contributed by atoms with E-state index in [4.69, 9.17) is 4.98 Å². The number of piperidine rings is 1. The lowest BCUT2D eigenvalue weighted by Crippen LogP contribution is -2.44. The summed E-state index contributed by atoms with van der Waals surface area (Å²) in [5, 5.41) is 3.48. The van der Waals surface area contributed by atoms with Gasteiger partial charge in [0.1, 0.15) is 5.78 Å². The Morgan fingerprint density at radius 2 is 2.24 bits per heavy atom. The summed E-state index contributed by atoms with van der Waals surface area (Å²) in [5.74, 6) is 0.816. The van der Waals surface area contributed by atoms with Crippen LogP contribution in [-0.2, 0) is 17.8 Å². The minimum atomic E-state index is 0.305. The smallest absolute Gasteiger partial charge is 0.137 e. The molecule has 1 aliphatic heterocycles. The molecule has 0 N–H and O–H groups in total. The lowest BCUT2D eigenvalue weighted by molar-refractivity contribution is -0.123. The maximum absolute atomic E-state index is 12.1. The van der Waals surface area contributed by atoms with Crippen molar-refractivity contribution in [2.24, 2.45) is 5.92 Å². The third-order valence-corrected chi connectivity index (χ3v) is 5.87. The van der Waals surface area contributed by atoms with Crippen LogP contribution in [-0.4, -0.2) is 28.3 Å². The Morgan fingerprint density at radius 1 is 1.33 bits per heavy atom. The average Bonchev–Trinajstić information content (AvgIpc) is 3.09. The molecule has 0 bridgehead atoms. The van der Waals surface area contributed by atoms with Crippen LogP contribution in [0.15, 0.2) is 5.38 Å². The second-order valence-corrected chi connectivity index (χ2v) is 7.42. The van der Waals surface area contributed by atoms with E-state index >= 15 is 0 Å². The second kappa shape index (κ2) is 7.01. The third kappa shape index (κ3) is 3.54. The highest BCUT2D eigenvalue weighted by atomic mass is 32.1.